The predicted molar refractivity (Wildman–Crippen MR) is 58.1 cm³/mol. The molecule has 0 aromatic heterocycles. The lowest BCUT2D eigenvalue weighted by atomic mass is 10.2. The first kappa shape index (κ1) is 14.4. The first-order valence-electron chi connectivity index (χ1n) is 5.31. The second-order valence-corrected chi connectivity index (χ2v) is 3.49. The zero-order chi connectivity index (χ0) is 13.7. The fourth-order valence-corrected chi connectivity index (χ4v) is 1.26. The summed E-state index contributed by atoms with van der Waals surface area (Å²) in [6, 6.07) is 0.0823. The third-order valence-corrected chi connectivity index (χ3v) is 2.16. The van der Waals surface area contributed by atoms with Crippen LogP contribution in [0.15, 0.2) is 6.07 Å². The van der Waals surface area contributed by atoms with Crippen molar-refractivity contribution in [1.82, 2.24) is 5.32 Å². The number of anilines is 1. The van der Waals surface area contributed by atoms with Crippen molar-refractivity contribution in [2.45, 2.75) is 13.3 Å². The molecule has 1 aromatic rings. The molecule has 0 radical (unpaired) electrons. The Balaban J connectivity index is 2.81. The number of hydrogen-bond donors (Lipinski definition) is 2. The van der Waals surface area contributed by atoms with Gasteiger partial charge in [0.2, 0.25) is 5.91 Å². The molecule has 0 fully saturated rings. The number of carbonyl (C=O) groups excluding carboxylic acids is 1. The molecule has 1 amide bonds. The fourth-order valence-electron chi connectivity index (χ4n) is 1.26. The third-order valence-electron chi connectivity index (χ3n) is 2.16. The summed E-state index contributed by atoms with van der Waals surface area (Å²) in [6.07, 6.45) is -0.0646. The number of hydrogen-bond acceptors (Lipinski definition) is 2. The van der Waals surface area contributed by atoms with Gasteiger partial charge in [-0.05, 0) is 6.54 Å². The SMILES string of the molecule is CCNCCC(=O)Nc1c(F)c(F)cc(F)c1F. The summed E-state index contributed by atoms with van der Waals surface area (Å²) in [4.78, 5) is 11.3. The summed E-state index contributed by atoms with van der Waals surface area (Å²) in [7, 11) is 0. The molecule has 1 rings (SSSR count). The molecule has 0 aliphatic rings. The molecule has 0 unspecified atom stereocenters. The standard InChI is InChI=1S/C11H12F4N2O/c1-2-16-4-3-8(18)17-11-9(14)6(12)5-7(13)10(11)15/h5,16H,2-4H2,1H3,(H,17,18). The van der Waals surface area contributed by atoms with Crippen molar-refractivity contribution in [3.8, 4) is 0 Å². The molecule has 0 spiro atoms. The Hall–Kier alpha value is -1.63. The predicted octanol–water partition coefficient (Wildman–Crippen LogP) is 2.18. The maximum absolute atomic E-state index is 13.2. The topological polar surface area (TPSA) is 41.1 Å². The van der Waals surface area contributed by atoms with Gasteiger partial charge < -0.3 is 10.6 Å². The van der Waals surface area contributed by atoms with Gasteiger partial charge in [0.05, 0.1) is 0 Å². The highest BCUT2D eigenvalue weighted by Crippen LogP contribution is 2.24. The van der Waals surface area contributed by atoms with Crippen molar-refractivity contribution in [2.24, 2.45) is 0 Å². The first-order valence-corrected chi connectivity index (χ1v) is 5.31. The van der Waals surface area contributed by atoms with Gasteiger partial charge in [-0.1, -0.05) is 6.92 Å². The number of amides is 1. The third kappa shape index (κ3) is 3.43. The summed E-state index contributed by atoms with van der Waals surface area (Å²) >= 11 is 0. The Morgan fingerprint density at radius 1 is 1.17 bits per heavy atom. The largest absolute Gasteiger partial charge is 0.321 e. The summed E-state index contributed by atoms with van der Waals surface area (Å²) in [5.74, 6) is -7.10. The van der Waals surface area contributed by atoms with E-state index in [9.17, 15) is 22.4 Å². The Labute approximate surface area is 101 Å². The molecule has 0 atom stereocenters. The van der Waals surface area contributed by atoms with E-state index in [2.05, 4.69) is 5.32 Å². The molecule has 0 heterocycles. The van der Waals surface area contributed by atoms with E-state index < -0.39 is 34.9 Å². The molecule has 100 valence electrons. The second-order valence-electron chi connectivity index (χ2n) is 3.49. The number of carbonyl (C=O) groups is 1. The molecule has 0 aliphatic heterocycles. The highest BCUT2D eigenvalue weighted by Gasteiger charge is 2.20. The van der Waals surface area contributed by atoms with E-state index in [1.54, 1.807) is 0 Å². The monoisotopic (exact) mass is 264 g/mol. The lowest BCUT2D eigenvalue weighted by molar-refractivity contribution is -0.116. The van der Waals surface area contributed by atoms with E-state index in [-0.39, 0.29) is 12.5 Å². The van der Waals surface area contributed by atoms with Crippen LogP contribution in [0.2, 0.25) is 0 Å². The normalized spacial score (nSPS) is 10.5. The van der Waals surface area contributed by atoms with E-state index in [0.717, 1.165) is 0 Å². The maximum atomic E-state index is 13.2. The highest BCUT2D eigenvalue weighted by atomic mass is 19.2. The van der Waals surface area contributed by atoms with Gasteiger partial charge in [0.15, 0.2) is 23.3 Å². The van der Waals surface area contributed by atoms with Crippen molar-refractivity contribution >= 4 is 11.6 Å². The Kier molecular flexibility index (Phi) is 5.08. The summed E-state index contributed by atoms with van der Waals surface area (Å²) < 4.78 is 52.0. The number of benzene rings is 1. The van der Waals surface area contributed by atoms with Gasteiger partial charge in [0.1, 0.15) is 5.69 Å². The second kappa shape index (κ2) is 6.34. The Morgan fingerprint density at radius 2 is 1.72 bits per heavy atom. The van der Waals surface area contributed by atoms with Crippen LogP contribution in [0.1, 0.15) is 13.3 Å². The molecule has 0 saturated heterocycles. The van der Waals surface area contributed by atoms with Crippen LogP contribution in [0.5, 0.6) is 0 Å². The van der Waals surface area contributed by atoms with Crippen LogP contribution in [-0.4, -0.2) is 19.0 Å². The van der Waals surface area contributed by atoms with Gasteiger partial charge in [0, 0.05) is 19.0 Å². The average Bonchev–Trinajstić information content (AvgIpc) is 2.32. The molecule has 0 bridgehead atoms. The molecule has 2 N–H and O–H groups in total. The fraction of sp³-hybridized carbons (Fsp3) is 0.364. The van der Waals surface area contributed by atoms with Crippen LogP contribution in [0.3, 0.4) is 0 Å². The van der Waals surface area contributed by atoms with Gasteiger partial charge in [0.25, 0.3) is 0 Å². The zero-order valence-corrected chi connectivity index (χ0v) is 9.62. The minimum atomic E-state index is -1.62. The summed E-state index contributed by atoms with van der Waals surface area (Å²) in [5, 5.41) is 4.63. The molecule has 0 saturated carbocycles. The van der Waals surface area contributed by atoms with E-state index in [4.69, 9.17) is 0 Å². The molecule has 0 aliphatic carbocycles. The van der Waals surface area contributed by atoms with Gasteiger partial charge in [-0.3, -0.25) is 4.79 Å². The number of halogens is 4. The lowest BCUT2D eigenvalue weighted by Crippen LogP contribution is -2.22. The smallest absolute Gasteiger partial charge is 0.225 e. The first-order chi connectivity index (χ1) is 8.47. The molecular formula is C11H12F4N2O. The van der Waals surface area contributed by atoms with Gasteiger partial charge in [-0.15, -0.1) is 0 Å². The van der Waals surface area contributed by atoms with E-state index in [1.807, 2.05) is 12.2 Å². The number of nitrogens with one attached hydrogen (secondary N) is 2. The van der Waals surface area contributed by atoms with E-state index in [1.165, 1.54) is 0 Å². The van der Waals surface area contributed by atoms with Crippen LogP contribution in [0.4, 0.5) is 23.2 Å². The lowest BCUT2D eigenvalue weighted by Gasteiger charge is -2.09. The van der Waals surface area contributed by atoms with Crippen molar-refractivity contribution in [3.63, 3.8) is 0 Å². The van der Waals surface area contributed by atoms with Crippen LogP contribution >= 0.6 is 0 Å². The average molecular weight is 264 g/mol. The van der Waals surface area contributed by atoms with Crippen molar-refractivity contribution in [1.29, 1.82) is 0 Å². The van der Waals surface area contributed by atoms with Crippen LogP contribution in [0.25, 0.3) is 0 Å². The Bertz CT molecular complexity index is 425. The van der Waals surface area contributed by atoms with Crippen LogP contribution < -0.4 is 10.6 Å². The summed E-state index contributed by atoms with van der Waals surface area (Å²) in [6.45, 7) is 2.74. The van der Waals surface area contributed by atoms with E-state index in [0.29, 0.717) is 13.1 Å². The van der Waals surface area contributed by atoms with Gasteiger partial charge in [-0.25, -0.2) is 17.6 Å². The maximum Gasteiger partial charge on any atom is 0.225 e. The molecule has 7 heteroatoms. The highest BCUT2D eigenvalue weighted by molar-refractivity contribution is 5.91. The zero-order valence-electron chi connectivity index (χ0n) is 9.62. The molecule has 3 nitrogen and oxygen atoms in total. The minimum Gasteiger partial charge on any atom is -0.321 e. The van der Waals surface area contributed by atoms with Crippen molar-refractivity contribution in [2.75, 3.05) is 18.4 Å². The molecule has 1 aromatic carbocycles. The molecule has 18 heavy (non-hydrogen) atoms. The van der Waals surface area contributed by atoms with Crippen LogP contribution in [-0.2, 0) is 4.79 Å². The van der Waals surface area contributed by atoms with Gasteiger partial charge >= 0.3 is 0 Å². The Morgan fingerprint density at radius 3 is 2.22 bits per heavy atom. The minimum absolute atomic E-state index is 0.0646. The van der Waals surface area contributed by atoms with E-state index >= 15 is 0 Å². The summed E-state index contributed by atoms with van der Waals surface area (Å²) in [5.41, 5.74) is -1.10. The van der Waals surface area contributed by atoms with Crippen LogP contribution in [0, 0.1) is 23.3 Å². The van der Waals surface area contributed by atoms with Crippen molar-refractivity contribution < 1.29 is 22.4 Å². The van der Waals surface area contributed by atoms with Crippen molar-refractivity contribution in [3.05, 3.63) is 29.3 Å². The number of rotatable bonds is 5. The molecular weight excluding hydrogens is 252 g/mol. The quantitative estimate of drug-likeness (QED) is 0.486. The van der Waals surface area contributed by atoms with Gasteiger partial charge in [-0.2, -0.15) is 0 Å².